The van der Waals surface area contributed by atoms with E-state index in [1.165, 1.54) is 19.2 Å². The highest BCUT2D eigenvalue weighted by molar-refractivity contribution is 7.89. The summed E-state index contributed by atoms with van der Waals surface area (Å²) in [5.74, 6) is -1.01. The van der Waals surface area contributed by atoms with Crippen LogP contribution in [-0.2, 0) is 14.8 Å². The maximum atomic E-state index is 12.5. The molecule has 1 rings (SSSR count). The summed E-state index contributed by atoms with van der Waals surface area (Å²) in [6.07, 6.45) is 0.466. The SMILES string of the molecule is CCCN(CC(=O)O)S(=O)(=O)c1ccc(OC)c(Cl)c1Cl. The standard InChI is InChI=1S/C12H15Cl2NO5S/c1-3-6-15(7-10(16)17)21(18,19)9-5-4-8(20-2)11(13)12(9)14/h4-5H,3,6-7H2,1-2H3,(H,16,17). The summed E-state index contributed by atoms with van der Waals surface area (Å²) in [7, 11) is -2.68. The quantitative estimate of drug-likeness (QED) is 0.812. The Labute approximate surface area is 133 Å². The van der Waals surface area contributed by atoms with Crippen LogP contribution in [0.15, 0.2) is 17.0 Å². The number of hydrogen-bond acceptors (Lipinski definition) is 4. The first-order valence-electron chi connectivity index (χ1n) is 5.99. The van der Waals surface area contributed by atoms with Gasteiger partial charge in [-0.1, -0.05) is 30.1 Å². The molecule has 0 spiro atoms. The Hall–Kier alpha value is -1.02. The molecule has 0 bridgehead atoms. The molecule has 0 aliphatic rings. The van der Waals surface area contributed by atoms with Crippen LogP contribution in [0.2, 0.25) is 10.0 Å². The van der Waals surface area contributed by atoms with E-state index in [2.05, 4.69) is 0 Å². The Balaban J connectivity index is 3.34. The minimum Gasteiger partial charge on any atom is -0.495 e. The van der Waals surface area contributed by atoms with Gasteiger partial charge in [0.05, 0.1) is 12.1 Å². The topological polar surface area (TPSA) is 83.9 Å². The number of aliphatic carboxylic acids is 1. The second-order valence-corrected chi connectivity index (χ2v) is 6.79. The summed E-state index contributed by atoms with van der Waals surface area (Å²) in [5, 5.41) is 8.61. The number of halogens is 2. The monoisotopic (exact) mass is 355 g/mol. The molecule has 0 heterocycles. The van der Waals surface area contributed by atoms with Crippen molar-refractivity contribution in [3.05, 3.63) is 22.2 Å². The zero-order valence-electron chi connectivity index (χ0n) is 11.5. The first kappa shape index (κ1) is 18.0. The van der Waals surface area contributed by atoms with E-state index < -0.39 is 22.5 Å². The summed E-state index contributed by atoms with van der Waals surface area (Å²) in [6.45, 7) is 1.16. The molecule has 0 aromatic heterocycles. The van der Waals surface area contributed by atoms with Crippen molar-refractivity contribution in [2.24, 2.45) is 0 Å². The Bertz CT molecular complexity index is 633. The van der Waals surface area contributed by atoms with Gasteiger partial charge in [-0.3, -0.25) is 4.79 Å². The Kier molecular flexibility index (Phi) is 6.27. The third kappa shape index (κ3) is 4.00. The van der Waals surface area contributed by atoms with Crippen LogP contribution in [0.25, 0.3) is 0 Å². The van der Waals surface area contributed by atoms with Gasteiger partial charge < -0.3 is 9.84 Å². The van der Waals surface area contributed by atoms with E-state index in [1.54, 1.807) is 6.92 Å². The molecule has 0 radical (unpaired) electrons. The molecule has 0 aliphatic carbocycles. The van der Waals surface area contributed by atoms with Crippen LogP contribution in [0.5, 0.6) is 5.75 Å². The van der Waals surface area contributed by atoms with Gasteiger partial charge >= 0.3 is 5.97 Å². The number of carboxylic acid groups (broad SMARTS) is 1. The van der Waals surface area contributed by atoms with Gasteiger partial charge in [0, 0.05) is 6.54 Å². The number of ether oxygens (including phenoxy) is 1. The Morgan fingerprint density at radius 2 is 1.95 bits per heavy atom. The zero-order chi connectivity index (χ0) is 16.2. The fraction of sp³-hybridized carbons (Fsp3) is 0.417. The summed E-state index contributed by atoms with van der Waals surface area (Å²) in [4.78, 5) is 10.6. The van der Waals surface area contributed by atoms with E-state index in [0.29, 0.717) is 6.42 Å². The summed E-state index contributed by atoms with van der Waals surface area (Å²) in [5.41, 5.74) is 0. The van der Waals surface area contributed by atoms with Crippen LogP contribution in [0.1, 0.15) is 13.3 Å². The fourth-order valence-corrected chi connectivity index (χ4v) is 3.99. The van der Waals surface area contributed by atoms with E-state index in [4.69, 9.17) is 33.0 Å². The molecule has 0 saturated heterocycles. The lowest BCUT2D eigenvalue weighted by molar-refractivity contribution is -0.137. The van der Waals surface area contributed by atoms with Crippen molar-refractivity contribution >= 4 is 39.2 Å². The Morgan fingerprint density at radius 1 is 1.33 bits per heavy atom. The first-order valence-corrected chi connectivity index (χ1v) is 8.19. The minimum absolute atomic E-state index is 0.0352. The first-order chi connectivity index (χ1) is 9.75. The fourth-order valence-electron chi connectivity index (χ4n) is 1.69. The molecule has 1 N–H and O–H groups in total. The van der Waals surface area contributed by atoms with E-state index in [-0.39, 0.29) is 27.2 Å². The van der Waals surface area contributed by atoms with E-state index in [1.807, 2.05) is 0 Å². The molecule has 118 valence electrons. The minimum atomic E-state index is -4.06. The smallest absolute Gasteiger partial charge is 0.318 e. The van der Waals surface area contributed by atoms with Crippen LogP contribution in [0, 0.1) is 0 Å². The largest absolute Gasteiger partial charge is 0.495 e. The highest BCUT2D eigenvalue weighted by Gasteiger charge is 2.29. The van der Waals surface area contributed by atoms with Crippen molar-refractivity contribution in [2.75, 3.05) is 20.2 Å². The van der Waals surface area contributed by atoms with Gasteiger partial charge in [0.25, 0.3) is 0 Å². The number of sulfonamides is 1. The molecule has 21 heavy (non-hydrogen) atoms. The van der Waals surface area contributed by atoms with Gasteiger partial charge in [-0.2, -0.15) is 4.31 Å². The second-order valence-electron chi connectivity index (χ2n) is 4.13. The van der Waals surface area contributed by atoms with Crippen LogP contribution >= 0.6 is 23.2 Å². The lowest BCUT2D eigenvalue weighted by atomic mass is 10.3. The molecule has 6 nitrogen and oxygen atoms in total. The number of hydrogen-bond donors (Lipinski definition) is 1. The number of nitrogens with zero attached hydrogens (tertiary/aromatic N) is 1. The second kappa shape index (κ2) is 7.31. The predicted molar refractivity (Wildman–Crippen MR) is 79.7 cm³/mol. The molecule has 0 aliphatic heterocycles. The number of benzene rings is 1. The summed E-state index contributed by atoms with van der Waals surface area (Å²) in [6, 6.07) is 2.61. The number of carboxylic acids is 1. The zero-order valence-corrected chi connectivity index (χ0v) is 13.8. The molecule has 0 amide bonds. The number of methoxy groups -OCH3 is 1. The van der Waals surface area contributed by atoms with Gasteiger partial charge in [0.1, 0.15) is 22.2 Å². The van der Waals surface area contributed by atoms with Crippen molar-refractivity contribution < 1.29 is 23.1 Å². The van der Waals surface area contributed by atoms with Crippen molar-refractivity contribution in [2.45, 2.75) is 18.2 Å². The van der Waals surface area contributed by atoms with Crippen LogP contribution in [0.4, 0.5) is 0 Å². The maximum absolute atomic E-state index is 12.5. The van der Waals surface area contributed by atoms with Gasteiger partial charge in [-0.15, -0.1) is 0 Å². The van der Waals surface area contributed by atoms with E-state index in [0.717, 1.165) is 4.31 Å². The lowest BCUT2D eigenvalue weighted by Crippen LogP contribution is -2.36. The van der Waals surface area contributed by atoms with E-state index in [9.17, 15) is 13.2 Å². The molecule has 0 unspecified atom stereocenters. The van der Waals surface area contributed by atoms with Gasteiger partial charge in [-0.05, 0) is 18.6 Å². The molecule has 1 aromatic rings. The molecule has 0 atom stereocenters. The molecule has 0 saturated carbocycles. The van der Waals surface area contributed by atoms with Crippen molar-refractivity contribution in [3.63, 3.8) is 0 Å². The van der Waals surface area contributed by atoms with Crippen LogP contribution in [0.3, 0.4) is 0 Å². The summed E-state index contributed by atoms with van der Waals surface area (Å²) >= 11 is 11.9. The predicted octanol–water partition coefficient (Wildman–Crippen LogP) is 2.49. The lowest BCUT2D eigenvalue weighted by Gasteiger charge is -2.21. The maximum Gasteiger partial charge on any atom is 0.318 e. The number of carbonyl (C=O) groups is 1. The molecule has 1 aromatic carbocycles. The summed E-state index contributed by atoms with van der Waals surface area (Å²) < 4.78 is 30.8. The molecular weight excluding hydrogens is 341 g/mol. The van der Waals surface area contributed by atoms with Gasteiger partial charge in [0.15, 0.2) is 0 Å². The molecule has 0 fully saturated rings. The third-order valence-electron chi connectivity index (χ3n) is 2.63. The number of rotatable bonds is 7. The van der Waals surface area contributed by atoms with Crippen molar-refractivity contribution in [1.29, 1.82) is 0 Å². The van der Waals surface area contributed by atoms with Crippen LogP contribution in [-0.4, -0.2) is 44.0 Å². The molecular formula is C12H15Cl2NO5S. The highest BCUT2D eigenvalue weighted by Crippen LogP contribution is 2.37. The average molecular weight is 356 g/mol. The van der Waals surface area contributed by atoms with Crippen LogP contribution < -0.4 is 4.74 Å². The van der Waals surface area contributed by atoms with Gasteiger partial charge in [-0.25, -0.2) is 8.42 Å². The Morgan fingerprint density at radius 3 is 2.43 bits per heavy atom. The third-order valence-corrected chi connectivity index (χ3v) is 5.50. The van der Waals surface area contributed by atoms with E-state index >= 15 is 0 Å². The normalized spacial score (nSPS) is 11.7. The van der Waals surface area contributed by atoms with Crippen molar-refractivity contribution in [3.8, 4) is 5.75 Å². The average Bonchev–Trinajstić information content (AvgIpc) is 2.40. The molecule has 9 heteroatoms. The van der Waals surface area contributed by atoms with Gasteiger partial charge in [0.2, 0.25) is 10.0 Å². The van der Waals surface area contributed by atoms with Crippen molar-refractivity contribution in [1.82, 2.24) is 4.31 Å². The highest BCUT2D eigenvalue weighted by atomic mass is 35.5.